The van der Waals surface area contributed by atoms with Gasteiger partial charge in [0.15, 0.2) is 0 Å². The second kappa shape index (κ2) is 17.0. The summed E-state index contributed by atoms with van der Waals surface area (Å²) in [7, 11) is 3.93. The molecule has 11 heteroatoms. The number of imidazole rings is 2. The van der Waals surface area contributed by atoms with Crippen molar-refractivity contribution in [3.05, 3.63) is 104 Å². The van der Waals surface area contributed by atoms with Crippen LogP contribution in [0.15, 0.2) is 104 Å². The molecule has 11 nitrogen and oxygen atoms in total. The number of carbonyl (C=O) groups is 2. The van der Waals surface area contributed by atoms with Crippen LogP contribution in [0.3, 0.4) is 0 Å². The van der Waals surface area contributed by atoms with E-state index in [2.05, 4.69) is 32.3 Å². The Balaban J connectivity index is 0.000000153. The zero-order chi connectivity index (χ0) is 32.8. The largest absolute Gasteiger partial charge is 0.424 e. The number of rotatable bonds is 5. The first-order valence-corrected chi connectivity index (χ1v) is 16.1. The monoisotopic (exact) mass is 634 g/mol. The van der Waals surface area contributed by atoms with Crippen LogP contribution in [0.2, 0.25) is 0 Å². The Morgan fingerprint density at radius 3 is 1.85 bits per heavy atom. The van der Waals surface area contributed by atoms with E-state index in [1.165, 1.54) is 49.4 Å². The molecular weight excluding hydrogens is 592 g/mol. The number of amides is 1. The van der Waals surface area contributed by atoms with Crippen molar-refractivity contribution < 1.29 is 14.3 Å². The fraction of sp³-hybridized carbons (Fsp3) is 0.333. The number of aromatic nitrogens is 6. The van der Waals surface area contributed by atoms with Crippen molar-refractivity contribution in [2.45, 2.75) is 63.5 Å². The molecule has 0 radical (unpaired) electrons. The van der Waals surface area contributed by atoms with Crippen LogP contribution in [0, 0.1) is 0 Å². The highest BCUT2D eigenvalue weighted by atomic mass is 16.6. The molecule has 2 saturated carbocycles. The minimum absolute atomic E-state index is 0.0143. The molecule has 244 valence electrons. The Morgan fingerprint density at radius 1 is 0.766 bits per heavy atom. The number of hydrogen-bond donors (Lipinski definition) is 1. The molecule has 0 aliphatic heterocycles. The highest BCUT2D eigenvalue weighted by Crippen LogP contribution is 2.23. The molecule has 4 aromatic heterocycles. The normalized spacial score (nSPS) is 14.4. The fourth-order valence-corrected chi connectivity index (χ4v) is 5.66. The van der Waals surface area contributed by atoms with Crippen molar-refractivity contribution in [1.82, 2.24) is 39.3 Å². The van der Waals surface area contributed by atoms with Gasteiger partial charge in [-0.2, -0.15) is 0 Å². The number of nitrogens with one attached hydrogen (secondary N) is 1. The van der Waals surface area contributed by atoms with Crippen molar-refractivity contribution in [3.8, 4) is 28.3 Å². The van der Waals surface area contributed by atoms with Crippen LogP contribution in [-0.4, -0.2) is 72.3 Å². The zero-order valence-corrected chi connectivity index (χ0v) is 27.0. The summed E-state index contributed by atoms with van der Waals surface area (Å²) in [5.74, 6) is 0.495. The van der Waals surface area contributed by atoms with Gasteiger partial charge in [0.2, 0.25) is 0 Å². The van der Waals surface area contributed by atoms with Crippen LogP contribution >= 0.6 is 0 Å². The molecule has 0 spiro atoms. The molecule has 4 heterocycles. The summed E-state index contributed by atoms with van der Waals surface area (Å²) < 4.78 is 8.08. The smallest absolute Gasteiger partial charge is 0.410 e. The minimum atomic E-state index is -0.501. The Labute approximate surface area is 275 Å². The third-order valence-corrected chi connectivity index (χ3v) is 8.40. The molecular formula is C36H42N8O3. The van der Waals surface area contributed by atoms with Crippen molar-refractivity contribution in [3.63, 3.8) is 0 Å². The maximum absolute atomic E-state index is 12.4. The fourth-order valence-electron chi connectivity index (χ4n) is 5.66. The van der Waals surface area contributed by atoms with E-state index in [1.54, 1.807) is 72.3 Å². The van der Waals surface area contributed by atoms with Crippen molar-refractivity contribution in [2.75, 3.05) is 14.1 Å². The number of nitrogens with zero attached hydrogens (tertiary/aromatic N) is 7. The summed E-state index contributed by atoms with van der Waals surface area (Å²) in [6, 6.07) is 17.6. The van der Waals surface area contributed by atoms with Gasteiger partial charge in [-0.3, -0.25) is 14.5 Å². The first kappa shape index (κ1) is 33.2. The van der Waals surface area contributed by atoms with Crippen molar-refractivity contribution in [2.24, 2.45) is 0 Å². The lowest BCUT2D eigenvalue weighted by molar-refractivity contribution is 0.192. The molecule has 2 aliphatic carbocycles. The van der Waals surface area contributed by atoms with Gasteiger partial charge in [0.1, 0.15) is 18.4 Å². The molecule has 0 saturated heterocycles. The maximum Gasteiger partial charge on any atom is 0.424 e. The lowest BCUT2D eigenvalue weighted by atomic mass is 10.2. The van der Waals surface area contributed by atoms with E-state index in [0.29, 0.717) is 17.5 Å². The highest BCUT2D eigenvalue weighted by molar-refractivity contribution is 5.78. The summed E-state index contributed by atoms with van der Waals surface area (Å²) in [6.45, 7) is 0. The zero-order valence-electron chi connectivity index (χ0n) is 27.0. The lowest BCUT2D eigenvalue weighted by Crippen LogP contribution is -2.37. The summed E-state index contributed by atoms with van der Waals surface area (Å²) >= 11 is 0. The average Bonchev–Trinajstić information content (AvgIpc) is 3.97. The third-order valence-electron chi connectivity index (χ3n) is 8.40. The van der Waals surface area contributed by atoms with Crippen LogP contribution in [0.1, 0.15) is 51.4 Å². The van der Waals surface area contributed by atoms with E-state index in [4.69, 9.17) is 4.74 Å². The van der Waals surface area contributed by atoms with E-state index in [0.717, 1.165) is 35.7 Å². The van der Waals surface area contributed by atoms with Gasteiger partial charge in [-0.05, 0) is 69.1 Å². The van der Waals surface area contributed by atoms with E-state index >= 15 is 0 Å². The maximum atomic E-state index is 12.4. The molecule has 47 heavy (non-hydrogen) atoms. The summed E-state index contributed by atoms with van der Waals surface area (Å²) in [6.07, 6.45) is 23.0. The Morgan fingerprint density at radius 2 is 1.32 bits per heavy atom. The van der Waals surface area contributed by atoms with Gasteiger partial charge in [0.05, 0.1) is 11.4 Å². The molecule has 0 unspecified atom stereocenters. The summed E-state index contributed by atoms with van der Waals surface area (Å²) in [5.41, 5.74) is 3.20. The van der Waals surface area contributed by atoms with Crippen LogP contribution in [0.25, 0.3) is 22.5 Å². The van der Waals surface area contributed by atoms with Crippen LogP contribution < -0.4 is 10.1 Å². The summed E-state index contributed by atoms with van der Waals surface area (Å²) in [5, 5.41) is 3.26. The van der Waals surface area contributed by atoms with Crippen molar-refractivity contribution >= 4 is 12.1 Å². The molecule has 2 aliphatic rings. The van der Waals surface area contributed by atoms with Crippen LogP contribution in [0.4, 0.5) is 9.59 Å². The Bertz CT molecular complexity index is 1660. The van der Waals surface area contributed by atoms with Gasteiger partial charge < -0.3 is 15.0 Å². The Hall–Kier alpha value is -5.16. The van der Waals surface area contributed by atoms with E-state index < -0.39 is 6.09 Å². The van der Waals surface area contributed by atoms with Gasteiger partial charge in [0.25, 0.3) is 0 Å². The van der Waals surface area contributed by atoms with Gasteiger partial charge in [0, 0.05) is 67.4 Å². The van der Waals surface area contributed by atoms with E-state index in [1.807, 2.05) is 42.3 Å². The first-order valence-electron chi connectivity index (χ1n) is 16.1. The Kier molecular flexibility index (Phi) is 12.0. The molecule has 0 atom stereocenters. The molecule has 2 fully saturated rings. The number of benzene rings is 1. The van der Waals surface area contributed by atoms with E-state index in [9.17, 15) is 9.59 Å². The molecule has 0 bridgehead atoms. The summed E-state index contributed by atoms with van der Waals surface area (Å²) in [4.78, 5) is 42.7. The number of para-hydroxylation sites is 1. The number of ether oxygens (including phenoxy) is 1. The number of carbonyl (C=O) groups excluding carboxylic acids is 2. The number of pyridine rings is 2. The van der Waals surface area contributed by atoms with Crippen molar-refractivity contribution in [1.29, 1.82) is 0 Å². The van der Waals surface area contributed by atoms with Gasteiger partial charge >= 0.3 is 12.1 Å². The quantitative estimate of drug-likeness (QED) is 0.221. The SMILES string of the molecule is CN(C(=O)n1cnc(-c2cccnc2)c1)C1CCCC1.CNC1CCCC1.O=C(Oc1ccccc1)n1cnc(-c2cccnc2)c1. The van der Waals surface area contributed by atoms with Crippen LogP contribution in [-0.2, 0) is 0 Å². The lowest BCUT2D eigenvalue weighted by Gasteiger charge is -2.23. The highest BCUT2D eigenvalue weighted by Gasteiger charge is 2.24. The topological polar surface area (TPSA) is 120 Å². The molecule has 1 amide bonds. The third kappa shape index (κ3) is 9.43. The molecule has 5 aromatic rings. The second-order valence-electron chi connectivity index (χ2n) is 11.6. The predicted octanol–water partition coefficient (Wildman–Crippen LogP) is 6.93. The molecule has 7 rings (SSSR count). The van der Waals surface area contributed by atoms with E-state index in [-0.39, 0.29) is 6.03 Å². The number of hydrogen-bond acceptors (Lipinski definition) is 8. The molecule has 1 aromatic carbocycles. The first-order chi connectivity index (χ1) is 23.0. The second-order valence-corrected chi connectivity index (χ2v) is 11.6. The predicted molar refractivity (Wildman–Crippen MR) is 181 cm³/mol. The van der Waals surface area contributed by atoms with Gasteiger partial charge in [-0.15, -0.1) is 0 Å². The van der Waals surface area contributed by atoms with Crippen LogP contribution in [0.5, 0.6) is 5.75 Å². The average molecular weight is 635 g/mol. The standard InChI is InChI=1S/C15H18N4O.C15H11N3O2.C6H13N/c1-18(13-6-2-3-7-13)15(20)19-10-14(17-11-19)12-5-4-8-16-9-12;19-15(20-13-6-2-1-3-7-13)18-10-14(17-11-18)12-5-4-8-16-9-12;1-7-6-4-2-3-5-6/h4-5,8-11,13H,2-3,6-7H2,1H3;1-11H;6-7H,2-5H2,1H3. The minimum Gasteiger partial charge on any atom is -0.410 e. The molecule has 1 N–H and O–H groups in total. The van der Waals surface area contributed by atoms with Gasteiger partial charge in [-0.25, -0.2) is 24.1 Å². The van der Waals surface area contributed by atoms with Gasteiger partial charge in [-0.1, -0.05) is 43.9 Å².